The number of aryl methyl sites for hydroxylation is 2. The Bertz CT molecular complexity index is 373. The van der Waals surface area contributed by atoms with E-state index in [2.05, 4.69) is 36.1 Å². The van der Waals surface area contributed by atoms with E-state index in [1.165, 1.54) is 50.2 Å². The minimum Gasteiger partial charge on any atom is -0.354 e. The number of hydrogen-bond acceptors (Lipinski definition) is 2. The summed E-state index contributed by atoms with van der Waals surface area (Å²) in [5.41, 5.74) is 3.16. The predicted molar refractivity (Wildman–Crippen MR) is 86.0 cm³/mol. The summed E-state index contributed by atoms with van der Waals surface area (Å²) in [6.07, 6.45) is 11.4. The van der Waals surface area contributed by atoms with Gasteiger partial charge in [-0.25, -0.2) is 0 Å². The maximum atomic E-state index is 3.65. The van der Waals surface area contributed by atoms with Gasteiger partial charge < -0.3 is 9.88 Å². The van der Waals surface area contributed by atoms with Crippen LogP contribution in [0.3, 0.4) is 0 Å². The van der Waals surface area contributed by atoms with Crippen molar-refractivity contribution in [2.75, 3.05) is 18.1 Å². The highest BCUT2D eigenvalue weighted by molar-refractivity contribution is 7.99. The molecule has 1 aromatic heterocycles. The molecule has 0 aromatic carbocycles. The number of hydrogen-bond donors (Lipinski definition) is 1. The van der Waals surface area contributed by atoms with Gasteiger partial charge >= 0.3 is 0 Å². The first-order valence-corrected chi connectivity index (χ1v) is 9.00. The van der Waals surface area contributed by atoms with Crippen molar-refractivity contribution in [3.8, 4) is 0 Å². The molecule has 0 aliphatic heterocycles. The summed E-state index contributed by atoms with van der Waals surface area (Å²) in [6, 6.07) is 0.591. The molecule has 0 bridgehead atoms. The zero-order chi connectivity index (χ0) is 13.5. The Morgan fingerprint density at radius 2 is 2.21 bits per heavy atom. The Labute approximate surface area is 122 Å². The van der Waals surface area contributed by atoms with Crippen molar-refractivity contribution in [1.29, 1.82) is 0 Å². The van der Waals surface area contributed by atoms with Gasteiger partial charge in [0.25, 0.3) is 0 Å². The number of thioether (sulfide) groups is 1. The lowest BCUT2D eigenvalue weighted by Gasteiger charge is -2.15. The maximum Gasteiger partial charge on any atom is 0.0337 e. The van der Waals surface area contributed by atoms with E-state index >= 15 is 0 Å². The second-order valence-electron chi connectivity index (χ2n) is 5.38. The van der Waals surface area contributed by atoms with Crippen molar-refractivity contribution < 1.29 is 0 Å². The topological polar surface area (TPSA) is 17.0 Å². The van der Waals surface area contributed by atoms with Gasteiger partial charge in [-0.1, -0.05) is 20.3 Å². The highest BCUT2D eigenvalue weighted by atomic mass is 32.2. The molecule has 0 amide bonds. The lowest BCUT2D eigenvalue weighted by Crippen LogP contribution is -2.20. The fourth-order valence-corrected chi connectivity index (χ4v) is 3.62. The van der Waals surface area contributed by atoms with Crippen LogP contribution in [0.25, 0.3) is 0 Å². The molecule has 1 atom stereocenters. The second kappa shape index (κ2) is 8.01. The number of nitrogens with zero attached hydrogens (tertiary/aromatic N) is 1. The zero-order valence-corrected chi connectivity index (χ0v) is 13.3. The van der Waals surface area contributed by atoms with Crippen LogP contribution in [0.1, 0.15) is 56.7 Å². The maximum absolute atomic E-state index is 3.65. The first kappa shape index (κ1) is 15.0. The molecule has 0 fully saturated rings. The van der Waals surface area contributed by atoms with Crippen LogP contribution in [0.5, 0.6) is 0 Å². The molecular weight excluding hydrogens is 252 g/mol. The van der Waals surface area contributed by atoms with Crippen molar-refractivity contribution in [2.24, 2.45) is 0 Å². The quantitative estimate of drug-likeness (QED) is 0.600. The predicted octanol–water partition coefficient (Wildman–Crippen LogP) is 4.01. The van der Waals surface area contributed by atoms with Crippen molar-refractivity contribution in [2.45, 2.75) is 58.5 Å². The molecule has 108 valence electrons. The molecule has 1 aliphatic carbocycles. The summed E-state index contributed by atoms with van der Waals surface area (Å²) < 4.78 is 2.43. The summed E-state index contributed by atoms with van der Waals surface area (Å²) in [6.45, 7) is 6.70. The molecule has 2 nitrogen and oxygen atoms in total. The highest BCUT2D eigenvalue weighted by Gasteiger charge is 2.19. The van der Waals surface area contributed by atoms with E-state index in [4.69, 9.17) is 0 Å². The smallest absolute Gasteiger partial charge is 0.0337 e. The summed E-state index contributed by atoms with van der Waals surface area (Å²) in [7, 11) is 0. The third-order valence-electron chi connectivity index (χ3n) is 3.92. The molecular formula is C16H28N2S. The second-order valence-corrected chi connectivity index (χ2v) is 6.78. The van der Waals surface area contributed by atoms with Gasteiger partial charge in [-0.2, -0.15) is 11.8 Å². The molecule has 0 spiro atoms. The van der Waals surface area contributed by atoms with Crippen molar-refractivity contribution in [3.05, 3.63) is 23.5 Å². The van der Waals surface area contributed by atoms with E-state index in [0.29, 0.717) is 6.04 Å². The third-order valence-corrected chi connectivity index (χ3v) is 4.91. The van der Waals surface area contributed by atoms with Gasteiger partial charge in [-0.3, -0.25) is 0 Å². The molecule has 1 aliphatic rings. The minimum atomic E-state index is 0.591. The molecule has 3 heteroatoms. The van der Waals surface area contributed by atoms with Gasteiger partial charge in [0.1, 0.15) is 0 Å². The summed E-state index contributed by atoms with van der Waals surface area (Å²) >= 11 is 2.05. The highest BCUT2D eigenvalue weighted by Crippen LogP contribution is 2.29. The fourth-order valence-electron chi connectivity index (χ4n) is 3.00. The SMILES string of the molecule is CCNC1CCCCc2cn(CCCSCC)cc21. The van der Waals surface area contributed by atoms with E-state index in [0.717, 1.165) is 6.54 Å². The van der Waals surface area contributed by atoms with Crippen molar-refractivity contribution in [3.63, 3.8) is 0 Å². The van der Waals surface area contributed by atoms with E-state index < -0.39 is 0 Å². The van der Waals surface area contributed by atoms with Crippen LogP contribution in [0.2, 0.25) is 0 Å². The standard InChI is InChI=1S/C16H28N2S/c1-3-17-16-9-6-5-8-14-12-18(13-15(14)16)10-7-11-19-4-2/h12-13,16-17H,3-11H2,1-2H3. The molecule has 1 N–H and O–H groups in total. The van der Waals surface area contributed by atoms with E-state index in [1.807, 2.05) is 11.8 Å². The van der Waals surface area contributed by atoms with Gasteiger partial charge in [-0.05, 0) is 54.9 Å². The average molecular weight is 280 g/mol. The number of aromatic nitrogens is 1. The Kier molecular flexibility index (Phi) is 6.32. The van der Waals surface area contributed by atoms with Gasteiger partial charge in [0.2, 0.25) is 0 Å². The first-order chi connectivity index (χ1) is 9.35. The van der Waals surface area contributed by atoms with Crippen LogP contribution in [0.15, 0.2) is 12.4 Å². The van der Waals surface area contributed by atoms with E-state index in [9.17, 15) is 0 Å². The zero-order valence-electron chi connectivity index (χ0n) is 12.5. The van der Waals surface area contributed by atoms with E-state index in [1.54, 1.807) is 11.1 Å². The number of fused-ring (bicyclic) bond motifs is 1. The molecule has 1 heterocycles. The molecule has 1 unspecified atom stereocenters. The lowest BCUT2D eigenvalue weighted by molar-refractivity contribution is 0.501. The molecule has 2 rings (SSSR count). The van der Waals surface area contributed by atoms with Crippen molar-refractivity contribution in [1.82, 2.24) is 9.88 Å². The largest absolute Gasteiger partial charge is 0.354 e. The molecule has 0 saturated heterocycles. The molecule has 1 aromatic rings. The van der Waals surface area contributed by atoms with Crippen LogP contribution < -0.4 is 5.32 Å². The normalized spacial score (nSPS) is 19.2. The van der Waals surface area contributed by atoms with Crippen LogP contribution in [0.4, 0.5) is 0 Å². The van der Waals surface area contributed by atoms with Crippen LogP contribution >= 0.6 is 11.8 Å². The number of rotatable bonds is 7. The summed E-state index contributed by atoms with van der Waals surface area (Å²) in [5, 5.41) is 3.65. The van der Waals surface area contributed by atoms with Crippen LogP contribution in [0, 0.1) is 0 Å². The minimum absolute atomic E-state index is 0.591. The molecule has 19 heavy (non-hydrogen) atoms. The average Bonchev–Trinajstić information content (AvgIpc) is 2.73. The Hall–Kier alpha value is -0.410. The first-order valence-electron chi connectivity index (χ1n) is 7.84. The van der Waals surface area contributed by atoms with Gasteiger partial charge in [0, 0.05) is 25.0 Å². The fraction of sp³-hybridized carbons (Fsp3) is 0.750. The number of nitrogens with one attached hydrogen (secondary N) is 1. The van der Waals surface area contributed by atoms with Gasteiger partial charge in [-0.15, -0.1) is 0 Å². The van der Waals surface area contributed by atoms with Gasteiger partial charge in [0.15, 0.2) is 0 Å². The third kappa shape index (κ3) is 4.28. The van der Waals surface area contributed by atoms with Gasteiger partial charge in [0.05, 0.1) is 0 Å². The Morgan fingerprint density at radius 3 is 3.00 bits per heavy atom. The lowest BCUT2D eigenvalue weighted by atomic mass is 10.0. The van der Waals surface area contributed by atoms with E-state index in [-0.39, 0.29) is 0 Å². The van der Waals surface area contributed by atoms with Crippen LogP contribution in [-0.2, 0) is 13.0 Å². The van der Waals surface area contributed by atoms with Crippen LogP contribution in [-0.4, -0.2) is 22.6 Å². The summed E-state index contributed by atoms with van der Waals surface area (Å²) in [4.78, 5) is 0. The van der Waals surface area contributed by atoms with Crippen molar-refractivity contribution >= 4 is 11.8 Å². The molecule has 0 radical (unpaired) electrons. The Balaban J connectivity index is 1.98. The monoisotopic (exact) mass is 280 g/mol. The summed E-state index contributed by atoms with van der Waals surface area (Å²) in [5.74, 6) is 2.53. The molecule has 0 saturated carbocycles. The Morgan fingerprint density at radius 1 is 1.32 bits per heavy atom.